The third-order valence-electron chi connectivity index (χ3n) is 4.80. The van der Waals surface area contributed by atoms with Crippen LogP contribution in [-0.4, -0.2) is 28.3 Å². The predicted molar refractivity (Wildman–Crippen MR) is 125 cm³/mol. The van der Waals surface area contributed by atoms with Gasteiger partial charge in [0.25, 0.3) is 0 Å². The number of nitrogens with zero attached hydrogens (tertiary/aromatic N) is 3. The fraction of sp³-hybridized carbons (Fsp3) is 0.524. The van der Waals surface area contributed by atoms with Gasteiger partial charge in [-0.3, -0.25) is 4.68 Å². The zero-order chi connectivity index (χ0) is 19.1. The molecule has 1 aromatic heterocycles. The van der Waals surface area contributed by atoms with Crippen molar-refractivity contribution in [3.63, 3.8) is 0 Å². The molecule has 0 saturated heterocycles. The van der Waals surface area contributed by atoms with Gasteiger partial charge in [-0.25, -0.2) is 4.99 Å². The quantitative estimate of drug-likeness (QED) is 0.357. The minimum atomic E-state index is 0. The van der Waals surface area contributed by atoms with Crippen LogP contribution in [0.1, 0.15) is 48.8 Å². The van der Waals surface area contributed by atoms with Gasteiger partial charge in [-0.05, 0) is 57.2 Å². The van der Waals surface area contributed by atoms with Crippen molar-refractivity contribution in [3.8, 4) is 0 Å². The van der Waals surface area contributed by atoms with Crippen molar-refractivity contribution >= 4 is 29.9 Å². The third-order valence-corrected chi connectivity index (χ3v) is 4.80. The molecule has 5 nitrogen and oxygen atoms in total. The van der Waals surface area contributed by atoms with Crippen LogP contribution in [0.5, 0.6) is 0 Å². The maximum Gasteiger partial charge on any atom is 0.191 e. The number of aryl methyl sites for hydroxylation is 3. The van der Waals surface area contributed by atoms with E-state index in [0.29, 0.717) is 6.54 Å². The molecule has 1 unspecified atom stereocenters. The number of hydrogen-bond acceptors (Lipinski definition) is 2. The lowest BCUT2D eigenvalue weighted by Gasteiger charge is -2.18. The maximum atomic E-state index is 4.80. The van der Waals surface area contributed by atoms with Crippen LogP contribution >= 0.6 is 24.0 Å². The first-order chi connectivity index (χ1) is 12.5. The zero-order valence-electron chi connectivity index (χ0n) is 17.5. The SMILES string of the molecule is CCNC(=NCc1ccccc1CC)NC(C)Cc1c(C)nn(C)c1C.I. The van der Waals surface area contributed by atoms with Gasteiger partial charge >= 0.3 is 0 Å². The second kappa shape index (κ2) is 11.3. The Kier molecular flexibility index (Phi) is 9.83. The molecule has 6 heteroatoms. The van der Waals surface area contributed by atoms with E-state index in [4.69, 9.17) is 4.99 Å². The molecule has 0 bridgehead atoms. The minimum absolute atomic E-state index is 0. The predicted octanol–water partition coefficient (Wildman–Crippen LogP) is 3.90. The summed E-state index contributed by atoms with van der Waals surface area (Å²) < 4.78 is 1.96. The summed E-state index contributed by atoms with van der Waals surface area (Å²) in [5.41, 5.74) is 6.31. The summed E-state index contributed by atoms with van der Waals surface area (Å²) in [7, 11) is 2.00. The Morgan fingerprint density at radius 2 is 1.85 bits per heavy atom. The standard InChI is InChI=1S/C21H33N5.HI/c1-7-18-11-9-10-12-19(18)14-23-21(22-8-2)24-15(3)13-20-16(4)25-26(6)17(20)5;/h9-12,15H,7-8,13-14H2,1-6H3,(H2,22,23,24);1H. The van der Waals surface area contributed by atoms with Crippen molar-refractivity contribution in [2.45, 2.75) is 60.0 Å². The lowest BCUT2D eigenvalue weighted by Crippen LogP contribution is -2.43. The number of aromatic nitrogens is 2. The van der Waals surface area contributed by atoms with Gasteiger partial charge in [0.15, 0.2) is 5.96 Å². The normalized spacial score (nSPS) is 12.4. The van der Waals surface area contributed by atoms with Crippen molar-refractivity contribution in [2.24, 2.45) is 12.0 Å². The van der Waals surface area contributed by atoms with Gasteiger partial charge in [0, 0.05) is 25.3 Å². The Balaban J connectivity index is 0.00000364. The van der Waals surface area contributed by atoms with Crippen LogP contribution in [0.2, 0.25) is 0 Å². The highest BCUT2D eigenvalue weighted by atomic mass is 127. The van der Waals surface area contributed by atoms with Crippen LogP contribution < -0.4 is 10.6 Å². The first-order valence-electron chi connectivity index (χ1n) is 9.56. The molecule has 150 valence electrons. The number of guanidine groups is 1. The minimum Gasteiger partial charge on any atom is -0.357 e. The third kappa shape index (κ3) is 6.52. The van der Waals surface area contributed by atoms with Gasteiger partial charge in [0.2, 0.25) is 0 Å². The van der Waals surface area contributed by atoms with Crippen molar-refractivity contribution in [2.75, 3.05) is 6.54 Å². The summed E-state index contributed by atoms with van der Waals surface area (Å²) in [5, 5.41) is 11.4. The molecule has 2 N–H and O–H groups in total. The first kappa shape index (κ1) is 23.5. The number of rotatable bonds is 7. The number of benzene rings is 1. The molecule has 0 aliphatic carbocycles. The van der Waals surface area contributed by atoms with Gasteiger partial charge in [0.05, 0.1) is 12.2 Å². The van der Waals surface area contributed by atoms with Crippen LogP contribution in [0.4, 0.5) is 0 Å². The summed E-state index contributed by atoms with van der Waals surface area (Å²) in [6.45, 7) is 12.2. The van der Waals surface area contributed by atoms with Crippen LogP contribution in [-0.2, 0) is 26.4 Å². The molecule has 0 spiro atoms. The molecular formula is C21H34IN5. The maximum absolute atomic E-state index is 4.80. The van der Waals surface area contributed by atoms with Gasteiger partial charge in [-0.2, -0.15) is 5.10 Å². The largest absolute Gasteiger partial charge is 0.357 e. The van der Waals surface area contributed by atoms with Gasteiger partial charge in [0.1, 0.15) is 0 Å². The molecular weight excluding hydrogens is 449 g/mol. The number of halogens is 1. The zero-order valence-corrected chi connectivity index (χ0v) is 19.8. The fourth-order valence-corrected chi connectivity index (χ4v) is 3.24. The summed E-state index contributed by atoms with van der Waals surface area (Å²) in [6, 6.07) is 8.80. The Morgan fingerprint density at radius 3 is 2.41 bits per heavy atom. The molecule has 2 rings (SSSR count). The van der Waals surface area contributed by atoms with Gasteiger partial charge < -0.3 is 10.6 Å². The fourth-order valence-electron chi connectivity index (χ4n) is 3.24. The van der Waals surface area contributed by atoms with E-state index >= 15 is 0 Å². The molecule has 0 aliphatic rings. The van der Waals surface area contributed by atoms with Crippen LogP contribution in [0.25, 0.3) is 0 Å². The van der Waals surface area contributed by atoms with Crippen LogP contribution in [0, 0.1) is 13.8 Å². The summed E-state index contributed by atoms with van der Waals surface area (Å²) in [4.78, 5) is 4.80. The Morgan fingerprint density at radius 1 is 1.19 bits per heavy atom. The molecule has 1 heterocycles. The number of aliphatic imine (C=N–C) groups is 1. The summed E-state index contributed by atoms with van der Waals surface area (Å²) in [6.07, 6.45) is 1.97. The average molecular weight is 483 g/mol. The van der Waals surface area contributed by atoms with E-state index < -0.39 is 0 Å². The highest BCUT2D eigenvalue weighted by molar-refractivity contribution is 14.0. The van der Waals surface area contributed by atoms with E-state index in [2.05, 4.69) is 74.6 Å². The Bertz CT molecular complexity index is 751. The number of nitrogens with one attached hydrogen (secondary N) is 2. The summed E-state index contributed by atoms with van der Waals surface area (Å²) >= 11 is 0. The van der Waals surface area contributed by atoms with Gasteiger partial charge in [-0.1, -0.05) is 31.2 Å². The van der Waals surface area contributed by atoms with E-state index in [-0.39, 0.29) is 30.0 Å². The molecule has 0 saturated carbocycles. The van der Waals surface area contributed by atoms with Crippen LogP contribution in [0.3, 0.4) is 0 Å². The first-order valence-corrected chi connectivity index (χ1v) is 9.56. The van der Waals surface area contributed by atoms with Gasteiger partial charge in [-0.15, -0.1) is 24.0 Å². The van der Waals surface area contributed by atoms with E-state index in [9.17, 15) is 0 Å². The monoisotopic (exact) mass is 483 g/mol. The van der Waals surface area contributed by atoms with Crippen LogP contribution in [0.15, 0.2) is 29.3 Å². The molecule has 27 heavy (non-hydrogen) atoms. The highest BCUT2D eigenvalue weighted by Gasteiger charge is 2.14. The average Bonchev–Trinajstić information content (AvgIpc) is 2.86. The Hall–Kier alpha value is -1.57. The molecule has 0 aliphatic heterocycles. The van der Waals surface area contributed by atoms with Crippen molar-refractivity contribution in [1.82, 2.24) is 20.4 Å². The Labute approximate surface area is 181 Å². The lowest BCUT2D eigenvalue weighted by atomic mass is 10.1. The molecule has 0 fully saturated rings. The topological polar surface area (TPSA) is 54.2 Å². The number of hydrogen-bond donors (Lipinski definition) is 2. The summed E-state index contributed by atoms with van der Waals surface area (Å²) in [5.74, 6) is 0.866. The second-order valence-electron chi connectivity index (χ2n) is 6.84. The molecule has 0 radical (unpaired) electrons. The van der Waals surface area contributed by atoms with Crippen molar-refractivity contribution in [3.05, 3.63) is 52.3 Å². The van der Waals surface area contributed by atoms with E-state index in [1.807, 2.05) is 11.7 Å². The van der Waals surface area contributed by atoms with E-state index in [1.165, 1.54) is 22.4 Å². The lowest BCUT2D eigenvalue weighted by molar-refractivity contribution is 0.635. The highest BCUT2D eigenvalue weighted by Crippen LogP contribution is 2.14. The molecule has 1 atom stereocenters. The molecule has 1 aromatic carbocycles. The van der Waals surface area contributed by atoms with E-state index in [1.54, 1.807) is 0 Å². The molecule has 2 aromatic rings. The second-order valence-corrected chi connectivity index (χ2v) is 6.84. The van der Waals surface area contributed by atoms with Crippen molar-refractivity contribution in [1.29, 1.82) is 0 Å². The smallest absolute Gasteiger partial charge is 0.191 e. The van der Waals surface area contributed by atoms with Crippen molar-refractivity contribution < 1.29 is 0 Å². The van der Waals surface area contributed by atoms with E-state index in [0.717, 1.165) is 31.0 Å². The molecule has 0 amide bonds.